The first kappa shape index (κ1) is 20.6. The Morgan fingerprint density at radius 2 is 1.72 bits per heavy atom. The van der Waals surface area contributed by atoms with Gasteiger partial charge in [0.15, 0.2) is 0 Å². The number of rotatable bonds is 8. The third-order valence-electron chi connectivity index (χ3n) is 5.23. The summed E-state index contributed by atoms with van der Waals surface area (Å²) in [5, 5.41) is 5.46. The molecule has 1 saturated heterocycles. The van der Waals surface area contributed by atoms with Gasteiger partial charge in [0.2, 0.25) is 5.91 Å². The van der Waals surface area contributed by atoms with Crippen LogP contribution in [-0.2, 0) is 21.5 Å². The Morgan fingerprint density at radius 3 is 2.38 bits per heavy atom. The molecule has 0 bridgehead atoms. The van der Waals surface area contributed by atoms with Crippen LogP contribution in [0, 0.1) is 0 Å². The van der Waals surface area contributed by atoms with Gasteiger partial charge >= 0.3 is 6.03 Å². The average molecular weight is 393 g/mol. The monoisotopic (exact) mass is 393 g/mol. The van der Waals surface area contributed by atoms with Crippen LogP contribution < -0.4 is 10.6 Å². The molecule has 6 heteroatoms. The lowest BCUT2D eigenvalue weighted by molar-refractivity contribution is -0.133. The molecule has 4 amide bonds. The first-order valence-electron chi connectivity index (χ1n) is 10.0. The molecule has 2 N–H and O–H groups in total. The van der Waals surface area contributed by atoms with Crippen molar-refractivity contribution >= 4 is 23.5 Å². The number of anilines is 1. The molecule has 2 aromatic carbocycles. The highest BCUT2D eigenvalue weighted by atomic mass is 16.2. The number of aryl methyl sites for hydroxylation is 1. The molecule has 6 nitrogen and oxygen atoms in total. The smallest absolute Gasteiger partial charge is 0.325 e. The Hall–Kier alpha value is -3.15. The highest BCUT2D eigenvalue weighted by molar-refractivity contribution is 6.10. The van der Waals surface area contributed by atoms with Gasteiger partial charge in [0, 0.05) is 5.69 Å². The van der Waals surface area contributed by atoms with E-state index in [1.807, 2.05) is 30.3 Å². The molecule has 2 aromatic rings. The average Bonchev–Trinajstić information content (AvgIpc) is 2.94. The Balaban J connectivity index is 1.60. The van der Waals surface area contributed by atoms with Gasteiger partial charge in [0.1, 0.15) is 12.1 Å². The zero-order chi connectivity index (χ0) is 20.9. The standard InChI is InChI=1S/C23H27N3O3/c1-3-4-6-9-17-12-14-19(15-13-17)24-20(27)16-26-21(28)23(2,25-22(26)29)18-10-7-5-8-11-18/h5,7-8,10-15H,3-4,6,9,16H2,1-2H3,(H,24,27)(H,25,29). The summed E-state index contributed by atoms with van der Waals surface area (Å²) in [5.41, 5.74) is 1.38. The summed E-state index contributed by atoms with van der Waals surface area (Å²) in [4.78, 5) is 38.6. The van der Waals surface area contributed by atoms with Crippen molar-refractivity contribution in [3.63, 3.8) is 0 Å². The molecule has 1 heterocycles. The predicted octanol–water partition coefficient (Wildman–Crippen LogP) is 3.83. The number of hydrogen-bond donors (Lipinski definition) is 2. The Labute approximate surface area is 171 Å². The van der Waals surface area contributed by atoms with Gasteiger partial charge in [-0.1, -0.05) is 62.2 Å². The van der Waals surface area contributed by atoms with Gasteiger partial charge in [-0.05, 0) is 43.0 Å². The number of unbranched alkanes of at least 4 members (excludes halogenated alkanes) is 2. The fraction of sp³-hybridized carbons (Fsp3) is 0.348. The van der Waals surface area contributed by atoms with E-state index in [2.05, 4.69) is 17.6 Å². The third-order valence-corrected chi connectivity index (χ3v) is 5.23. The highest BCUT2D eigenvalue weighted by Crippen LogP contribution is 2.28. The highest BCUT2D eigenvalue weighted by Gasteiger charge is 2.49. The number of amides is 4. The van der Waals surface area contributed by atoms with Gasteiger partial charge in [0.05, 0.1) is 0 Å². The van der Waals surface area contributed by atoms with Crippen molar-refractivity contribution in [3.8, 4) is 0 Å². The second-order valence-corrected chi connectivity index (χ2v) is 7.51. The lowest BCUT2D eigenvalue weighted by Crippen LogP contribution is -2.42. The van der Waals surface area contributed by atoms with Gasteiger partial charge in [-0.15, -0.1) is 0 Å². The van der Waals surface area contributed by atoms with Crippen LogP contribution in [-0.4, -0.2) is 29.3 Å². The molecule has 29 heavy (non-hydrogen) atoms. The molecule has 1 aliphatic rings. The summed E-state index contributed by atoms with van der Waals surface area (Å²) in [5.74, 6) is -0.848. The quantitative estimate of drug-likeness (QED) is 0.529. The summed E-state index contributed by atoms with van der Waals surface area (Å²) >= 11 is 0. The SMILES string of the molecule is CCCCCc1ccc(NC(=O)CN2C(=O)NC(C)(c3ccccc3)C2=O)cc1. The number of carbonyl (C=O) groups excluding carboxylic acids is 3. The predicted molar refractivity (Wildman–Crippen MR) is 112 cm³/mol. The maximum Gasteiger partial charge on any atom is 0.325 e. The summed E-state index contributed by atoms with van der Waals surface area (Å²) < 4.78 is 0. The van der Waals surface area contributed by atoms with Crippen LogP contribution in [0.5, 0.6) is 0 Å². The lowest BCUT2D eigenvalue weighted by atomic mass is 9.92. The zero-order valence-electron chi connectivity index (χ0n) is 16.9. The molecule has 1 fully saturated rings. The van der Waals surface area contributed by atoms with E-state index < -0.39 is 23.4 Å². The van der Waals surface area contributed by atoms with E-state index in [1.54, 1.807) is 31.2 Å². The molecule has 0 saturated carbocycles. The van der Waals surface area contributed by atoms with Gasteiger partial charge in [-0.2, -0.15) is 0 Å². The maximum atomic E-state index is 12.9. The molecule has 0 aliphatic carbocycles. The molecule has 1 aliphatic heterocycles. The molecule has 0 aromatic heterocycles. The van der Waals surface area contributed by atoms with Crippen LogP contribution in [0.1, 0.15) is 44.2 Å². The molecular formula is C23H27N3O3. The number of nitrogens with zero attached hydrogens (tertiary/aromatic N) is 1. The van der Waals surface area contributed by atoms with Crippen molar-refractivity contribution < 1.29 is 14.4 Å². The molecular weight excluding hydrogens is 366 g/mol. The van der Waals surface area contributed by atoms with E-state index in [0.29, 0.717) is 11.3 Å². The minimum Gasteiger partial charge on any atom is -0.325 e. The largest absolute Gasteiger partial charge is 0.325 e. The lowest BCUT2D eigenvalue weighted by Gasteiger charge is -2.22. The van der Waals surface area contributed by atoms with Crippen molar-refractivity contribution in [1.29, 1.82) is 0 Å². The van der Waals surface area contributed by atoms with Crippen molar-refractivity contribution in [3.05, 3.63) is 65.7 Å². The second-order valence-electron chi connectivity index (χ2n) is 7.51. The van der Waals surface area contributed by atoms with Gasteiger partial charge in [-0.25, -0.2) is 4.79 Å². The minimum absolute atomic E-state index is 0.328. The van der Waals surface area contributed by atoms with Crippen LogP contribution in [0.2, 0.25) is 0 Å². The summed E-state index contributed by atoms with van der Waals surface area (Å²) in [6, 6.07) is 16.1. The van der Waals surface area contributed by atoms with Crippen molar-refractivity contribution in [2.24, 2.45) is 0 Å². The third kappa shape index (κ3) is 4.65. The van der Waals surface area contributed by atoms with Crippen molar-refractivity contribution in [2.75, 3.05) is 11.9 Å². The van der Waals surface area contributed by atoms with Crippen LogP contribution in [0.4, 0.5) is 10.5 Å². The zero-order valence-corrected chi connectivity index (χ0v) is 16.9. The van der Waals surface area contributed by atoms with E-state index in [1.165, 1.54) is 18.4 Å². The van der Waals surface area contributed by atoms with Crippen molar-refractivity contribution in [2.45, 2.75) is 45.1 Å². The van der Waals surface area contributed by atoms with Crippen LogP contribution in [0.15, 0.2) is 54.6 Å². The number of imide groups is 1. The topological polar surface area (TPSA) is 78.5 Å². The van der Waals surface area contributed by atoms with Gasteiger partial charge in [0.25, 0.3) is 5.91 Å². The van der Waals surface area contributed by atoms with Gasteiger partial charge < -0.3 is 10.6 Å². The molecule has 0 radical (unpaired) electrons. The van der Waals surface area contributed by atoms with E-state index >= 15 is 0 Å². The van der Waals surface area contributed by atoms with E-state index in [0.717, 1.165) is 17.7 Å². The van der Waals surface area contributed by atoms with Crippen LogP contribution in [0.25, 0.3) is 0 Å². The van der Waals surface area contributed by atoms with Crippen molar-refractivity contribution in [1.82, 2.24) is 10.2 Å². The minimum atomic E-state index is -1.17. The van der Waals surface area contributed by atoms with E-state index in [9.17, 15) is 14.4 Å². The summed E-state index contributed by atoms with van der Waals surface area (Å²) in [6.07, 6.45) is 4.55. The Bertz CT molecular complexity index is 880. The first-order valence-corrected chi connectivity index (χ1v) is 10.0. The fourth-order valence-corrected chi connectivity index (χ4v) is 3.49. The van der Waals surface area contributed by atoms with Gasteiger partial charge in [-0.3, -0.25) is 14.5 Å². The van der Waals surface area contributed by atoms with Crippen LogP contribution >= 0.6 is 0 Å². The number of urea groups is 1. The Morgan fingerprint density at radius 1 is 1.03 bits per heavy atom. The van der Waals surface area contributed by atoms with E-state index in [4.69, 9.17) is 0 Å². The number of carbonyl (C=O) groups is 3. The van der Waals surface area contributed by atoms with E-state index in [-0.39, 0.29) is 6.54 Å². The first-order chi connectivity index (χ1) is 13.9. The second kappa shape index (κ2) is 8.90. The number of hydrogen-bond acceptors (Lipinski definition) is 3. The molecule has 3 rings (SSSR count). The maximum absolute atomic E-state index is 12.9. The molecule has 1 atom stereocenters. The summed E-state index contributed by atoms with van der Waals surface area (Å²) in [7, 11) is 0. The van der Waals surface area contributed by atoms with Crippen LogP contribution in [0.3, 0.4) is 0 Å². The normalized spacial score (nSPS) is 18.6. The number of benzene rings is 2. The fourth-order valence-electron chi connectivity index (χ4n) is 3.49. The molecule has 152 valence electrons. The number of nitrogens with one attached hydrogen (secondary N) is 2. The Kier molecular flexibility index (Phi) is 6.32. The molecule has 1 unspecified atom stereocenters. The molecule has 0 spiro atoms. The summed E-state index contributed by atoms with van der Waals surface area (Å²) in [6.45, 7) is 3.50.